The van der Waals surface area contributed by atoms with Crippen LogP contribution >= 0.6 is 11.6 Å². The van der Waals surface area contributed by atoms with E-state index < -0.39 is 10.0 Å². The highest BCUT2D eigenvalue weighted by Gasteiger charge is 2.29. The molecule has 0 aliphatic carbocycles. The second-order valence-corrected chi connectivity index (χ2v) is 11.5. The molecule has 0 spiro atoms. The van der Waals surface area contributed by atoms with Gasteiger partial charge in [-0.3, -0.25) is 4.79 Å². The van der Waals surface area contributed by atoms with E-state index in [1.807, 2.05) is 19.1 Å². The summed E-state index contributed by atoms with van der Waals surface area (Å²) in [6, 6.07) is 12.4. The van der Waals surface area contributed by atoms with E-state index in [9.17, 15) is 13.2 Å². The van der Waals surface area contributed by atoms with Gasteiger partial charge in [-0.1, -0.05) is 63.1 Å². The summed E-state index contributed by atoms with van der Waals surface area (Å²) in [6.45, 7) is 9.34. The summed E-state index contributed by atoms with van der Waals surface area (Å²) in [7, 11) is -3.73. The van der Waals surface area contributed by atoms with E-state index in [2.05, 4.69) is 38.2 Å². The van der Waals surface area contributed by atoms with Crippen LogP contribution in [-0.2, 0) is 15.4 Å². The summed E-state index contributed by atoms with van der Waals surface area (Å²) < 4.78 is 27.6. The number of amides is 1. The van der Waals surface area contributed by atoms with Crippen molar-refractivity contribution >= 4 is 27.5 Å². The van der Waals surface area contributed by atoms with Crippen molar-refractivity contribution in [1.29, 1.82) is 0 Å². The van der Waals surface area contributed by atoms with Crippen molar-refractivity contribution in [3.8, 4) is 0 Å². The molecule has 3 rings (SSSR count). The normalized spacial score (nSPS) is 16.7. The second kappa shape index (κ2) is 9.31. The lowest BCUT2D eigenvalue weighted by atomic mass is 9.86. The van der Waals surface area contributed by atoms with Crippen molar-refractivity contribution in [3.63, 3.8) is 0 Å². The molecule has 5 nitrogen and oxygen atoms in total. The monoisotopic (exact) mass is 462 g/mol. The average molecular weight is 463 g/mol. The van der Waals surface area contributed by atoms with Gasteiger partial charge in [-0.2, -0.15) is 4.31 Å². The minimum Gasteiger partial charge on any atom is -0.346 e. The first-order valence-electron chi connectivity index (χ1n) is 10.7. The smallest absolute Gasteiger partial charge is 0.251 e. The van der Waals surface area contributed by atoms with Crippen molar-refractivity contribution in [1.82, 2.24) is 9.62 Å². The van der Waals surface area contributed by atoms with Gasteiger partial charge in [0.25, 0.3) is 5.91 Å². The molecular formula is C24H31ClN2O3S. The molecule has 31 heavy (non-hydrogen) atoms. The number of sulfonamides is 1. The SMILES string of the molecule is CC(NC(=O)c1ccc(Cl)c(S(=O)(=O)N2CCCCC2)c1)c1ccc(C(C)(C)C)cc1. The maximum atomic E-state index is 13.0. The summed E-state index contributed by atoms with van der Waals surface area (Å²) in [4.78, 5) is 12.9. The minimum absolute atomic E-state index is 0.00843. The molecule has 1 fully saturated rings. The molecule has 1 saturated heterocycles. The number of halogens is 1. The molecule has 0 radical (unpaired) electrons. The minimum atomic E-state index is -3.73. The van der Waals surface area contributed by atoms with Crippen molar-refractivity contribution in [3.05, 3.63) is 64.2 Å². The van der Waals surface area contributed by atoms with Gasteiger partial charge in [0.05, 0.1) is 11.1 Å². The number of carbonyl (C=O) groups is 1. The van der Waals surface area contributed by atoms with Gasteiger partial charge in [0.1, 0.15) is 4.90 Å². The average Bonchev–Trinajstić information content (AvgIpc) is 2.74. The summed E-state index contributed by atoms with van der Waals surface area (Å²) in [5, 5.41) is 3.09. The molecule has 2 aromatic carbocycles. The van der Waals surface area contributed by atoms with E-state index >= 15 is 0 Å². The number of hydrogen-bond donors (Lipinski definition) is 1. The Labute approximate surface area is 190 Å². The molecule has 0 aromatic heterocycles. The highest BCUT2D eigenvalue weighted by molar-refractivity contribution is 7.89. The van der Waals surface area contributed by atoms with Crippen molar-refractivity contribution in [2.45, 2.75) is 63.3 Å². The third-order valence-electron chi connectivity index (χ3n) is 5.75. The van der Waals surface area contributed by atoms with Crippen LogP contribution < -0.4 is 5.32 Å². The zero-order chi connectivity index (χ0) is 22.8. The molecule has 1 amide bonds. The van der Waals surface area contributed by atoms with Crippen molar-refractivity contribution < 1.29 is 13.2 Å². The number of hydrogen-bond acceptors (Lipinski definition) is 3. The van der Waals surface area contributed by atoms with Crippen LogP contribution in [0.2, 0.25) is 5.02 Å². The predicted octanol–water partition coefficient (Wildman–Crippen LogP) is 5.30. The lowest BCUT2D eigenvalue weighted by molar-refractivity contribution is 0.0939. The third-order valence-corrected chi connectivity index (χ3v) is 8.13. The lowest BCUT2D eigenvalue weighted by Crippen LogP contribution is -2.36. The van der Waals surface area contributed by atoms with Crippen LogP contribution in [0.4, 0.5) is 0 Å². The summed E-state index contributed by atoms with van der Waals surface area (Å²) in [6.07, 6.45) is 2.70. The predicted molar refractivity (Wildman–Crippen MR) is 125 cm³/mol. The number of rotatable bonds is 5. The van der Waals surface area contributed by atoms with Gasteiger partial charge < -0.3 is 5.32 Å². The molecule has 0 bridgehead atoms. The van der Waals surface area contributed by atoms with Gasteiger partial charge >= 0.3 is 0 Å². The number of nitrogens with one attached hydrogen (secondary N) is 1. The maximum absolute atomic E-state index is 13.0. The van der Waals surface area contributed by atoms with Gasteiger partial charge in [-0.25, -0.2) is 8.42 Å². The Morgan fingerprint density at radius 3 is 2.23 bits per heavy atom. The fourth-order valence-electron chi connectivity index (χ4n) is 3.72. The first kappa shape index (κ1) is 23.8. The number of carbonyl (C=O) groups excluding carboxylic acids is 1. The van der Waals surface area contributed by atoms with Crippen LogP contribution in [-0.4, -0.2) is 31.7 Å². The highest BCUT2D eigenvalue weighted by Crippen LogP contribution is 2.28. The fraction of sp³-hybridized carbons (Fsp3) is 0.458. The van der Waals surface area contributed by atoms with Crippen LogP contribution in [0.15, 0.2) is 47.4 Å². The fourth-order valence-corrected chi connectivity index (χ4v) is 5.74. The molecule has 168 valence electrons. The van der Waals surface area contributed by atoms with Crippen molar-refractivity contribution in [2.75, 3.05) is 13.1 Å². The Kier molecular flexibility index (Phi) is 7.14. The maximum Gasteiger partial charge on any atom is 0.251 e. The number of nitrogens with zero attached hydrogens (tertiary/aromatic N) is 1. The van der Waals surface area contributed by atoms with Crippen LogP contribution in [0.3, 0.4) is 0 Å². The van der Waals surface area contributed by atoms with Gasteiger partial charge in [-0.15, -0.1) is 0 Å². The number of piperidine rings is 1. The van der Waals surface area contributed by atoms with E-state index in [4.69, 9.17) is 11.6 Å². The summed E-state index contributed by atoms with van der Waals surface area (Å²) in [5.41, 5.74) is 2.54. The number of benzene rings is 2. The third kappa shape index (κ3) is 5.48. The molecule has 1 unspecified atom stereocenters. The van der Waals surface area contributed by atoms with Gasteiger partial charge in [0.2, 0.25) is 10.0 Å². The Balaban J connectivity index is 1.78. The largest absolute Gasteiger partial charge is 0.346 e. The molecule has 1 heterocycles. The van der Waals surface area contributed by atoms with Gasteiger partial charge in [-0.05, 0) is 54.5 Å². The molecule has 1 atom stereocenters. The van der Waals surface area contributed by atoms with Crippen LogP contribution in [0, 0.1) is 0 Å². The molecule has 2 aromatic rings. The van der Waals surface area contributed by atoms with Crippen molar-refractivity contribution in [2.24, 2.45) is 0 Å². The first-order chi connectivity index (χ1) is 14.5. The molecule has 7 heteroatoms. The zero-order valence-corrected chi connectivity index (χ0v) is 20.2. The molecule has 1 N–H and O–H groups in total. The van der Waals surface area contributed by atoms with E-state index in [0.717, 1.165) is 24.8 Å². The van der Waals surface area contributed by atoms with E-state index in [0.29, 0.717) is 13.1 Å². The quantitative estimate of drug-likeness (QED) is 0.655. The van der Waals surface area contributed by atoms with E-state index in [1.54, 1.807) is 6.07 Å². The molecule has 1 aliphatic heterocycles. The Bertz CT molecular complexity index is 1040. The summed E-state index contributed by atoms with van der Waals surface area (Å²) in [5.74, 6) is -0.334. The van der Waals surface area contributed by atoms with Crippen LogP contribution in [0.5, 0.6) is 0 Å². The van der Waals surface area contributed by atoms with E-state index in [-0.39, 0.29) is 32.8 Å². The standard InChI is InChI=1S/C24H31ClN2O3S/c1-17(18-8-11-20(12-9-18)24(2,3)4)26-23(28)19-10-13-21(25)22(16-19)31(29,30)27-14-6-5-7-15-27/h8-13,16-17H,5-7,14-15H2,1-4H3,(H,26,28). The summed E-state index contributed by atoms with van der Waals surface area (Å²) >= 11 is 6.22. The lowest BCUT2D eigenvalue weighted by Gasteiger charge is -2.26. The second-order valence-electron chi connectivity index (χ2n) is 9.18. The Morgan fingerprint density at radius 1 is 1.03 bits per heavy atom. The zero-order valence-electron chi connectivity index (χ0n) is 18.6. The van der Waals surface area contributed by atoms with Gasteiger partial charge in [0.15, 0.2) is 0 Å². The molecular weight excluding hydrogens is 432 g/mol. The van der Waals surface area contributed by atoms with Gasteiger partial charge in [0, 0.05) is 18.7 Å². The molecule has 0 saturated carbocycles. The Morgan fingerprint density at radius 2 is 1.65 bits per heavy atom. The van der Waals surface area contributed by atoms with Crippen LogP contribution in [0.1, 0.15) is 74.5 Å². The van der Waals surface area contributed by atoms with E-state index in [1.165, 1.54) is 22.0 Å². The molecule has 1 aliphatic rings. The first-order valence-corrected chi connectivity index (χ1v) is 12.5. The topological polar surface area (TPSA) is 66.5 Å². The Hall–Kier alpha value is -1.89. The highest BCUT2D eigenvalue weighted by atomic mass is 35.5. The van der Waals surface area contributed by atoms with Crippen LogP contribution in [0.25, 0.3) is 0 Å².